The van der Waals surface area contributed by atoms with Crippen LogP contribution in [0.1, 0.15) is 84.0 Å². The molecule has 0 amide bonds. The summed E-state index contributed by atoms with van der Waals surface area (Å²) in [5.41, 5.74) is 0.855. The summed E-state index contributed by atoms with van der Waals surface area (Å²) in [4.78, 5) is 0. The zero-order valence-corrected chi connectivity index (χ0v) is 14.4. The zero-order chi connectivity index (χ0) is 15.6. The quantitative estimate of drug-likeness (QED) is 0.465. The fourth-order valence-corrected chi connectivity index (χ4v) is 4.19. The van der Waals surface area contributed by atoms with Crippen molar-refractivity contribution < 1.29 is 0 Å². The molecule has 0 radical (unpaired) electrons. The molecule has 1 nitrogen and oxygen atoms in total. The third-order valence-electron chi connectivity index (χ3n) is 5.72. The third kappa shape index (κ3) is 5.64. The van der Waals surface area contributed by atoms with Gasteiger partial charge in [-0.1, -0.05) is 76.9 Å². The van der Waals surface area contributed by atoms with Crippen molar-refractivity contribution in [3.05, 3.63) is 23.8 Å². The Balaban J connectivity index is 1.58. The van der Waals surface area contributed by atoms with E-state index in [1.54, 1.807) is 0 Å². The molecule has 0 aromatic carbocycles. The summed E-state index contributed by atoms with van der Waals surface area (Å²) in [5, 5.41) is 8.90. The molecular weight excluding hydrogens is 266 g/mol. The minimum Gasteiger partial charge on any atom is -0.192 e. The van der Waals surface area contributed by atoms with Gasteiger partial charge in [0.05, 0.1) is 6.07 Å². The first-order valence-electron chi connectivity index (χ1n) is 9.62. The monoisotopic (exact) mass is 299 g/mol. The highest BCUT2D eigenvalue weighted by molar-refractivity contribution is 5.35. The maximum absolute atomic E-state index is 8.90. The highest BCUT2D eigenvalue weighted by Gasteiger charge is 2.26. The minimum atomic E-state index is 0.701. The van der Waals surface area contributed by atoms with E-state index >= 15 is 0 Å². The second kappa shape index (κ2) is 9.88. The zero-order valence-electron chi connectivity index (χ0n) is 14.4. The van der Waals surface area contributed by atoms with Crippen LogP contribution in [-0.4, -0.2) is 0 Å². The van der Waals surface area contributed by atoms with Gasteiger partial charge < -0.3 is 0 Å². The van der Waals surface area contributed by atoms with Gasteiger partial charge in [-0.3, -0.25) is 0 Å². The number of rotatable bonds is 8. The van der Waals surface area contributed by atoms with Crippen molar-refractivity contribution in [2.75, 3.05) is 0 Å². The van der Waals surface area contributed by atoms with E-state index in [2.05, 4.69) is 25.1 Å². The van der Waals surface area contributed by atoms with Gasteiger partial charge in [0.15, 0.2) is 0 Å². The first-order chi connectivity index (χ1) is 10.8. The molecule has 0 aliphatic heterocycles. The van der Waals surface area contributed by atoms with E-state index in [1.165, 1.54) is 70.6 Å². The summed E-state index contributed by atoms with van der Waals surface area (Å²) in [6, 6.07) is 2.25. The predicted molar refractivity (Wildman–Crippen MR) is 94.4 cm³/mol. The van der Waals surface area contributed by atoms with Gasteiger partial charge in [0.1, 0.15) is 0 Å². The summed E-state index contributed by atoms with van der Waals surface area (Å²) in [6.45, 7) is 2.29. The van der Waals surface area contributed by atoms with Crippen LogP contribution in [0.25, 0.3) is 0 Å². The van der Waals surface area contributed by atoms with Crippen molar-refractivity contribution in [2.45, 2.75) is 84.0 Å². The molecule has 1 heteroatoms. The first kappa shape index (κ1) is 17.3. The molecule has 1 fully saturated rings. The highest BCUT2D eigenvalue weighted by Crippen LogP contribution is 2.38. The molecule has 0 aromatic rings. The molecule has 0 bridgehead atoms. The number of nitriles is 1. The summed E-state index contributed by atoms with van der Waals surface area (Å²) in [7, 11) is 0. The number of nitrogens with zero attached hydrogens (tertiary/aromatic N) is 1. The third-order valence-corrected chi connectivity index (χ3v) is 5.72. The lowest BCUT2D eigenvalue weighted by molar-refractivity contribution is 0.218. The number of unbranched alkanes of at least 4 members (excludes halogenated alkanes) is 5. The summed E-state index contributed by atoms with van der Waals surface area (Å²) < 4.78 is 0. The topological polar surface area (TPSA) is 23.8 Å². The lowest BCUT2D eigenvalue weighted by atomic mass is 9.72. The molecule has 0 spiro atoms. The SMILES string of the molecule is CCCCCCCCC1CCC(C2C=CC(C#N)=CC2)CC1. The first-order valence-corrected chi connectivity index (χ1v) is 9.62. The lowest BCUT2D eigenvalue weighted by Crippen LogP contribution is -2.21. The van der Waals surface area contributed by atoms with Crippen LogP contribution in [0.3, 0.4) is 0 Å². The number of allylic oxidation sites excluding steroid dienone is 4. The van der Waals surface area contributed by atoms with Crippen molar-refractivity contribution in [3.8, 4) is 6.07 Å². The molecule has 22 heavy (non-hydrogen) atoms. The average molecular weight is 300 g/mol. The molecule has 1 unspecified atom stereocenters. The smallest absolute Gasteiger partial charge is 0.0988 e. The molecule has 2 aliphatic rings. The van der Waals surface area contributed by atoms with Gasteiger partial charge >= 0.3 is 0 Å². The van der Waals surface area contributed by atoms with E-state index in [4.69, 9.17) is 5.26 Å². The standard InChI is InChI=1S/C21H33N/c1-2-3-4-5-6-7-8-18-9-13-20(14-10-18)21-15-11-19(17-22)12-16-21/h11-12,15,18,20-21H,2-10,13-14,16H2,1H3. The normalized spacial score (nSPS) is 28.2. The van der Waals surface area contributed by atoms with Gasteiger partial charge in [-0.05, 0) is 43.1 Å². The minimum absolute atomic E-state index is 0.701. The Morgan fingerprint density at radius 3 is 2.41 bits per heavy atom. The molecule has 0 N–H and O–H groups in total. The van der Waals surface area contributed by atoms with Crippen LogP contribution < -0.4 is 0 Å². The van der Waals surface area contributed by atoms with E-state index in [-0.39, 0.29) is 0 Å². The lowest BCUT2D eigenvalue weighted by Gasteiger charge is -2.33. The van der Waals surface area contributed by atoms with Crippen LogP contribution in [0.2, 0.25) is 0 Å². The van der Waals surface area contributed by atoms with Crippen molar-refractivity contribution in [3.63, 3.8) is 0 Å². The van der Waals surface area contributed by atoms with Gasteiger partial charge in [0, 0.05) is 5.57 Å². The maximum Gasteiger partial charge on any atom is 0.0988 e. The van der Waals surface area contributed by atoms with Crippen LogP contribution in [0.4, 0.5) is 0 Å². The molecule has 122 valence electrons. The fraction of sp³-hybridized carbons (Fsp3) is 0.762. The Hall–Kier alpha value is -1.03. The van der Waals surface area contributed by atoms with Gasteiger partial charge in [-0.25, -0.2) is 0 Å². The maximum atomic E-state index is 8.90. The summed E-state index contributed by atoms with van der Waals surface area (Å²) in [6.07, 6.45) is 23.3. The molecule has 0 aromatic heterocycles. The van der Waals surface area contributed by atoms with Crippen LogP contribution in [0.5, 0.6) is 0 Å². The van der Waals surface area contributed by atoms with Crippen molar-refractivity contribution >= 4 is 0 Å². The fourth-order valence-electron chi connectivity index (χ4n) is 4.19. The molecule has 2 rings (SSSR count). The van der Waals surface area contributed by atoms with Gasteiger partial charge in [0.25, 0.3) is 0 Å². The van der Waals surface area contributed by atoms with E-state index in [9.17, 15) is 0 Å². The summed E-state index contributed by atoms with van der Waals surface area (Å²) >= 11 is 0. The highest BCUT2D eigenvalue weighted by atomic mass is 14.3. The van der Waals surface area contributed by atoms with Gasteiger partial charge in [0.2, 0.25) is 0 Å². The van der Waals surface area contributed by atoms with Gasteiger partial charge in [-0.15, -0.1) is 0 Å². The summed E-state index contributed by atoms with van der Waals surface area (Å²) in [5.74, 6) is 2.57. The van der Waals surface area contributed by atoms with Crippen LogP contribution >= 0.6 is 0 Å². The largest absolute Gasteiger partial charge is 0.192 e. The van der Waals surface area contributed by atoms with Crippen molar-refractivity contribution in [2.24, 2.45) is 17.8 Å². The van der Waals surface area contributed by atoms with Crippen LogP contribution in [-0.2, 0) is 0 Å². The van der Waals surface area contributed by atoms with E-state index < -0.39 is 0 Å². The van der Waals surface area contributed by atoms with Crippen LogP contribution in [0, 0.1) is 29.1 Å². The Kier molecular flexibility index (Phi) is 7.78. The van der Waals surface area contributed by atoms with Crippen LogP contribution in [0.15, 0.2) is 23.8 Å². The Morgan fingerprint density at radius 2 is 1.77 bits per heavy atom. The second-order valence-electron chi connectivity index (χ2n) is 7.37. The number of hydrogen-bond acceptors (Lipinski definition) is 1. The Labute approximate surface area is 137 Å². The van der Waals surface area contributed by atoms with E-state index in [0.717, 1.165) is 23.8 Å². The molecule has 2 aliphatic carbocycles. The molecule has 0 saturated heterocycles. The Morgan fingerprint density at radius 1 is 1.05 bits per heavy atom. The predicted octanol–water partition coefficient (Wildman–Crippen LogP) is 6.57. The van der Waals surface area contributed by atoms with E-state index in [1.807, 2.05) is 6.08 Å². The molecule has 0 heterocycles. The average Bonchev–Trinajstić information content (AvgIpc) is 2.59. The number of hydrogen-bond donors (Lipinski definition) is 0. The van der Waals surface area contributed by atoms with Gasteiger partial charge in [-0.2, -0.15) is 5.26 Å². The van der Waals surface area contributed by atoms with E-state index in [0.29, 0.717) is 5.92 Å². The van der Waals surface area contributed by atoms with Crippen molar-refractivity contribution in [1.82, 2.24) is 0 Å². The second-order valence-corrected chi connectivity index (χ2v) is 7.37. The molecule has 1 atom stereocenters. The van der Waals surface area contributed by atoms with Crippen molar-refractivity contribution in [1.29, 1.82) is 5.26 Å². The Bertz CT molecular complexity index is 404. The molecule has 1 saturated carbocycles. The molecular formula is C21H33N.